The first-order valence-electron chi connectivity index (χ1n) is 3.23. The molecular weight excluding hydrogens is 112 g/mol. The van der Waals surface area contributed by atoms with Gasteiger partial charge in [0.2, 0.25) is 0 Å². The maximum absolute atomic E-state index is 8.16. The van der Waals surface area contributed by atoms with E-state index in [1.165, 1.54) is 0 Å². The zero-order chi connectivity index (χ0) is 7.11. The van der Waals surface area contributed by atoms with Crippen molar-refractivity contribution >= 4 is 0 Å². The Balaban J connectivity index is 3.07. The molecule has 2 N–H and O–H groups in total. The van der Waals surface area contributed by atoms with Crippen LogP contribution in [0.25, 0.3) is 0 Å². The Bertz CT molecular complexity index is 93.6. The summed E-state index contributed by atoms with van der Waals surface area (Å²) < 4.78 is 0. The van der Waals surface area contributed by atoms with Gasteiger partial charge in [0.1, 0.15) is 0 Å². The van der Waals surface area contributed by atoms with E-state index in [9.17, 15) is 0 Å². The van der Waals surface area contributed by atoms with Crippen molar-refractivity contribution in [1.29, 1.82) is 5.26 Å². The summed E-state index contributed by atoms with van der Waals surface area (Å²) in [7, 11) is 0. The van der Waals surface area contributed by atoms with Crippen LogP contribution in [-0.2, 0) is 0 Å². The van der Waals surface area contributed by atoms with Gasteiger partial charge in [-0.15, -0.1) is 0 Å². The largest absolute Gasteiger partial charge is 0.328 e. The minimum absolute atomic E-state index is 0.183. The summed E-state index contributed by atoms with van der Waals surface area (Å²) in [5, 5.41) is 8.16. The van der Waals surface area contributed by atoms with Gasteiger partial charge in [-0.05, 0) is 12.8 Å². The predicted molar refractivity (Wildman–Crippen MR) is 37.4 cm³/mol. The van der Waals surface area contributed by atoms with Crippen molar-refractivity contribution in [3.8, 4) is 6.07 Å². The Morgan fingerprint density at radius 2 is 2.22 bits per heavy atom. The molecule has 0 aliphatic rings. The van der Waals surface area contributed by atoms with Gasteiger partial charge in [0.25, 0.3) is 0 Å². The average molecular weight is 125 g/mol. The summed E-state index contributed by atoms with van der Waals surface area (Å²) in [6, 6.07) is 2.24. The molecule has 0 aliphatic carbocycles. The van der Waals surface area contributed by atoms with Crippen LogP contribution in [0.1, 0.15) is 25.7 Å². The zero-order valence-corrected chi connectivity index (χ0v) is 5.64. The fourth-order valence-electron chi connectivity index (χ4n) is 0.656. The first kappa shape index (κ1) is 8.45. The molecule has 0 aromatic carbocycles. The van der Waals surface area contributed by atoms with Crippen LogP contribution in [-0.4, -0.2) is 6.04 Å². The van der Waals surface area contributed by atoms with Gasteiger partial charge in [0.15, 0.2) is 0 Å². The maximum Gasteiger partial charge on any atom is 0.0622 e. The highest BCUT2D eigenvalue weighted by Crippen LogP contribution is 1.99. The second-order valence-corrected chi connectivity index (χ2v) is 2.10. The molecule has 0 aliphatic heterocycles. The van der Waals surface area contributed by atoms with E-state index < -0.39 is 0 Å². The fraction of sp³-hybridized carbons (Fsp3) is 0.714. The molecule has 2 nitrogen and oxygen atoms in total. The van der Waals surface area contributed by atoms with Crippen molar-refractivity contribution in [2.75, 3.05) is 0 Å². The first-order valence-corrected chi connectivity index (χ1v) is 3.23. The smallest absolute Gasteiger partial charge is 0.0622 e. The number of hydrogen-bond donors (Lipinski definition) is 1. The third kappa shape index (κ3) is 5.32. The summed E-state index contributed by atoms with van der Waals surface area (Å²) in [5.74, 6) is 0. The maximum atomic E-state index is 8.16. The molecule has 1 radical (unpaired) electrons. The summed E-state index contributed by atoms with van der Waals surface area (Å²) >= 11 is 0. The number of nitrogens with zero attached hydrogens (tertiary/aromatic N) is 1. The molecule has 0 amide bonds. The highest BCUT2D eigenvalue weighted by molar-refractivity contribution is 4.73. The molecule has 1 atom stereocenters. The Morgan fingerprint density at radius 3 is 2.67 bits per heavy atom. The molecule has 0 fully saturated rings. The quantitative estimate of drug-likeness (QED) is 0.614. The van der Waals surface area contributed by atoms with Crippen LogP contribution in [0.15, 0.2) is 0 Å². The predicted octanol–water partition coefficient (Wildman–Crippen LogP) is 1.23. The van der Waals surface area contributed by atoms with E-state index in [1.807, 2.05) is 0 Å². The van der Waals surface area contributed by atoms with Crippen molar-refractivity contribution in [2.45, 2.75) is 31.7 Å². The minimum Gasteiger partial charge on any atom is -0.328 e. The Morgan fingerprint density at radius 1 is 1.56 bits per heavy atom. The molecule has 2 heteroatoms. The van der Waals surface area contributed by atoms with E-state index in [2.05, 4.69) is 13.0 Å². The van der Waals surface area contributed by atoms with Gasteiger partial charge in [-0.25, -0.2) is 0 Å². The van der Waals surface area contributed by atoms with Crippen LogP contribution in [0.3, 0.4) is 0 Å². The summed E-state index contributed by atoms with van der Waals surface area (Å²) in [6.07, 6.45) is 3.18. The van der Waals surface area contributed by atoms with Gasteiger partial charge in [-0.2, -0.15) is 5.26 Å². The van der Waals surface area contributed by atoms with E-state index in [4.69, 9.17) is 11.0 Å². The number of rotatable bonds is 4. The van der Waals surface area contributed by atoms with Gasteiger partial charge in [-0.1, -0.05) is 13.3 Å². The van der Waals surface area contributed by atoms with Crippen LogP contribution in [0.2, 0.25) is 0 Å². The molecule has 0 aromatic heterocycles. The van der Waals surface area contributed by atoms with Crippen LogP contribution in [0.5, 0.6) is 0 Å². The minimum atomic E-state index is 0.183. The number of nitriles is 1. The zero-order valence-electron chi connectivity index (χ0n) is 5.64. The third-order valence-corrected chi connectivity index (χ3v) is 1.20. The van der Waals surface area contributed by atoms with Gasteiger partial charge in [0, 0.05) is 12.5 Å². The van der Waals surface area contributed by atoms with Crippen molar-refractivity contribution < 1.29 is 0 Å². The van der Waals surface area contributed by atoms with Gasteiger partial charge >= 0.3 is 0 Å². The van der Waals surface area contributed by atoms with Crippen LogP contribution in [0, 0.1) is 18.3 Å². The average Bonchev–Trinajstić information content (AvgIpc) is 1.85. The molecule has 0 heterocycles. The lowest BCUT2D eigenvalue weighted by Gasteiger charge is -2.05. The number of hydrogen-bond acceptors (Lipinski definition) is 2. The van der Waals surface area contributed by atoms with Crippen molar-refractivity contribution in [1.82, 2.24) is 0 Å². The molecule has 9 heavy (non-hydrogen) atoms. The van der Waals surface area contributed by atoms with Crippen molar-refractivity contribution in [2.24, 2.45) is 5.73 Å². The Kier molecular flexibility index (Phi) is 5.24. The van der Waals surface area contributed by atoms with E-state index in [0.717, 1.165) is 19.3 Å². The van der Waals surface area contributed by atoms with Gasteiger partial charge < -0.3 is 5.73 Å². The van der Waals surface area contributed by atoms with Crippen molar-refractivity contribution in [3.05, 3.63) is 6.92 Å². The normalized spacial score (nSPS) is 12.6. The van der Waals surface area contributed by atoms with E-state index in [0.29, 0.717) is 6.42 Å². The molecule has 0 spiro atoms. The summed E-state index contributed by atoms with van der Waals surface area (Å²) in [4.78, 5) is 0. The molecule has 0 aromatic rings. The Labute approximate surface area is 56.7 Å². The molecule has 1 unspecified atom stereocenters. The Hall–Kier alpha value is -0.550. The van der Waals surface area contributed by atoms with Crippen LogP contribution >= 0.6 is 0 Å². The van der Waals surface area contributed by atoms with Crippen LogP contribution < -0.4 is 5.73 Å². The van der Waals surface area contributed by atoms with E-state index in [-0.39, 0.29) is 6.04 Å². The van der Waals surface area contributed by atoms with Gasteiger partial charge in [-0.3, -0.25) is 0 Å². The molecule has 0 saturated heterocycles. The highest BCUT2D eigenvalue weighted by Gasteiger charge is 1.97. The lowest BCUT2D eigenvalue weighted by molar-refractivity contribution is 0.581. The summed E-state index contributed by atoms with van der Waals surface area (Å²) in [5.41, 5.74) is 5.58. The third-order valence-electron chi connectivity index (χ3n) is 1.20. The van der Waals surface area contributed by atoms with E-state index >= 15 is 0 Å². The van der Waals surface area contributed by atoms with Crippen LogP contribution in [0.4, 0.5) is 0 Å². The topological polar surface area (TPSA) is 49.8 Å². The monoisotopic (exact) mass is 125 g/mol. The fourth-order valence-corrected chi connectivity index (χ4v) is 0.656. The lowest BCUT2D eigenvalue weighted by atomic mass is 10.1. The molecule has 0 rings (SSSR count). The summed E-state index contributed by atoms with van der Waals surface area (Å²) in [6.45, 7) is 3.67. The van der Waals surface area contributed by atoms with Crippen molar-refractivity contribution in [3.63, 3.8) is 0 Å². The molecule has 0 bridgehead atoms. The molecule has 51 valence electrons. The highest BCUT2D eigenvalue weighted by atomic mass is 14.6. The molecule has 0 saturated carbocycles. The second kappa shape index (κ2) is 5.58. The lowest BCUT2D eigenvalue weighted by Crippen LogP contribution is -2.18. The second-order valence-electron chi connectivity index (χ2n) is 2.10. The first-order chi connectivity index (χ1) is 4.31. The number of nitrogens with two attached hydrogens (primary N) is 1. The van der Waals surface area contributed by atoms with Gasteiger partial charge in [0.05, 0.1) is 6.07 Å². The SMILES string of the molecule is [CH2]CCC(N)CCC#N. The van der Waals surface area contributed by atoms with E-state index in [1.54, 1.807) is 0 Å². The standard InChI is InChI=1S/C7H13N2/c1-2-4-7(9)5-3-6-8/h7H,1-5,9H2. The molecular formula is C7H13N2.